The van der Waals surface area contributed by atoms with Gasteiger partial charge in [-0.1, -0.05) is 30.3 Å². The molecule has 30 heavy (non-hydrogen) atoms. The highest BCUT2D eigenvalue weighted by atomic mass is 35.5. The van der Waals surface area contributed by atoms with Crippen LogP contribution in [0.4, 0.5) is 0 Å². The van der Waals surface area contributed by atoms with Crippen LogP contribution in [0.25, 0.3) is 0 Å². The summed E-state index contributed by atoms with van der Waals surface area (Å²) in [5.74, 6) is 3.87. The fourth-order valence-electron chi connectivity index (χ4n) is 5.43. The second-order valence-corrected chi connectivity index (χ2v) is 8.86. The van der Waals surface area contributed by atoms with Gasteiger partial charge in [-0.05, 0) is 50.0 Å². The molecule has 5 rings (SSSR count). The normalized spacial score (nSPS) is 24.7. The number of carbonyl (C=O) groups excluding carboxylic acids is 1. The molecule has 162 valence electrons. The van der Waals surface area contributed by atoms with Crippen molar-refractivity contribution in [1.29, 1.82) is 0 Å². The molecule has 2 aliphatic heterocycles. The first-order valence-corrected chi connectivity index (χ1v) is 11.3. The lowest BCUT2D eigenvalue weighted by Gasteiger charge is -2.36. The summed E-state index contributed by atoms with van der Waals surface area (Å²) in [6.07, 6.45) is 6.35. The van der Waals surface area contributed by atoms with Gasteiger partial charge in [-0.25, -0.2) is 0 Å². The van der Waals surface area contributed by atoms with Crippen molar-refractivity contribution >= 4 is 18.3 Å². The van der Waals surface area contributed by atoms with Crippen LogP contribution in [0.1, 0.15) is 67.6 Å². The van der Waals surface area contributed by atoms with Crippen LogP contribution in [-0.2, 0) is 17.9 Å². The lowest BCUT2D eigenvalue weighted by atomic mass is 9.78. The first-order valence-electron chi connectivity index (χ1n) is 11.3. The van der Waals surface area contributed by atoms with E-state index in [-0.39, 0.29) is 18.3 Å². The van der Waals surface area contributed by atoms with Gasteiger partial charge in [0.15, 0.2) is 0 Å². The average Bonchev–Trinajstić information content (AvgIpc) is 3.24. The van der Waals surface area contributed by atoms with Crippen LogP contribution >= 0.6 is 12.4 Å². The molecule has 2 fully saturated rings. The van der Waals surface area contributed by atoms with Crippen LogP contribution in [-0.4, -0.2) is 45.2 Å². The van der Waals surface area contributed by atoms with Gasteiger partial charge in [0, 0.05) is 38.0 Å². The standard InChI is InChI=1S/C23H31N5O.ClH/c29-23(20-8-6-18(7-9-20)17-4-2-1-3-5-17)27-13-10-19(11-14-27)22-26-25-21-16-24-12-15-28(21)22;/h1-5,18-20,24H,6-16H2;1H. The average molecular weight is 430 g/mol. The molecule has 0 atom stereocenters. The van der Waals surface area contributed by atoms with E-state index in [9.17, 15) is 4.79 Å². The maximum atomic E-state index is 13.1. The third-order valence-electron chi connectivity index (χ3n) is 7.17. The number of rotatable bonds is 3. The molecule has 6 nitrogen and oxygen atoms in total. The fourth-order valence-corrected chi connectivity index (χ4v) is 5.43. The second kappa shape index (κ2) is 9.48. The third kappa shape index (κ3) is 4.26. The van der Waals surface area contributed by atoms with Crippen molar-refractivity contribution in [3.63, 3.8) is 0 Å². The monoisotopic (exact) mass is 429 g/mol. The molecule has 1 saturated heterocycles. The highest BCUT2D eigenvalue weighted by Gasteiger charge is 2.33. The SMILES string of the molecule is Cl.O=C(C1CCC(c2ccccc2)CC1)N1CCC(c2nnc3n2CCNC3)CC1. The summed E-state index contributed by atoms with van der Waals surface area (Å²) in [5.41, 5.74) is 1.44. The number of piperidine rings is 1. The van der Waals surface area contributed by atoms with Gasteiger partial charge in [0.25, 0.3) is 0 Å². The summed E-state index contributed by atoms with van der Waals surface area (Å²) in [6.45, 7) is 4.49. The van der Waals surface area contributed by atoms with Gasteiger partial charge < -0.3 is 14.8 Å². The molecule has 1 saturated carbocycles. The van der Waals surface area contributed by atoms with Crippen molar-refractivity contribution in [2.24, 2.45) is 5.92 Å². The molecular weight excluding hydrogens is 398 g/mol. The number of hydrogen-bond acceptors (Lipinski definition) is 4. The zero-order chi connectivity index (χ0) is 19.6. The summed E-state index contributed by atoms with van der Waals surface area (Å²) < 4.78 is 2.30. The number of halogens is 1. The quantitative estimate of drug-likeness (QED) is 0.811. The number of likely N-dealkylation sites (tertiary alicyclic amines) is 1. The van der Waals surface area contributed by atoms with E-state index in [0.717, 1.165) is 82.9 Å². The van der Waals surface area contributed by atoms with Crippen LogP contribution < -0.4 is 5.32 Å². The van der Waals surface area contributed by atoms with E-state index in [0.29, 0.717) is 17.7 Å². The van der Waals surface area contributed by atoms with Gasteiger partial charge in [0.2, 0.25) is 5.91 Å². The molecular formula is C23H32ClN5O. The second-order valence-electron chi connectivity index (χ2n) is 8.86. The molecule has 0 bridgehead atoms. The first kappa shape index (κ1) is 21.3. The number of nitrogens with one attached hydrogen (secondary N) is 1. The largest absolute Gasteiger partial charge is 0.342 e. The molecule has 0 radical (unpaired) electrons. The number of benzene rings is 1. The van der Waals surface area contributed by atoms with Crippen LogP contribution in [0.5, 0.6) is 0 Å². The van der Waals surface area contributed by atoms with E-state index in [1.54, 1.807) is 0 Å². The number of hydrogen-bond donors (Lipinski definition) is 1. The van der Waals surface area contributed by atoms with E-state index in [4.69, 9.17) is 0 Å². The van der Waals surface area contributed by atoms with Crippen LogP contribution in [0.3, 0.4) is 0 Å². The van der Waals surface area contributed by atoms with Gasteiger partial charge in [-0.2, -0.15) is 0 Å². The number of fused-ring (bicyclic) bond motifs is 1. The van der Waals surface area contributed by atoms with Crippen molar-refractivity contribution in [2.75, 3.05) is 19.6 Å². The lowest BCUT2D eigenvalue weighted by Crippen LogP contribution is -2.42. The Morgan fingerprint density at radius 1 is 0.900 bits per heavy atom. The van der Waals surface area contributed by atoms with E-state index in [2.05, 4.69) is 55.3 Å². The Kier molecular flexibility index (Phi) is 6.74. The van der Waals surface area contributed by atoms with Gasteiger partial charge in [0.05, 0.1) is 6.54 Å². The molecule has 0 spiro atoms. The zero-order valence-electron chi connectivity index (χ0n) is 17.5. The zero-order valence-corrected chi connectivity index (χ0v) is 18.3. The maximum Gasteiger partial charge on any atom is 0.225 e. The van der Waals surface area contributed by atoms with Gasteiger partial charge in [-0.3, -0.25) is 4.79 Å². The summed E-state index contributed by atoms with van der Waals surface area (Å²) in [4.78, 5) is 15.2. The highest BCUT2D eigenvalue weighted by Crippen LogP contribution is 2.37. The molecule has 1 amide bonds. The molecule has 3 heterocycles. The van der Waals surface area contributed by atoms with Crippen molar-refractivity contribution < 1.29 is 4.79 Å². The lowest BCUT2D eigenvalue weighted by molar-refractivity contribution is -0.137. The number of aromatic nitrogens is 3. The van der Waals surface area contributed by atoms with Crippen molar-refractivity contribution in [3.05, 3.63) is 47.5 Å². The summed E-state index contributed by atoms with van der Waals surface area (Å²) in [5, 5.41) is 12.2. The Morgan fingerprint density at radius 3 is 2.37 bits per heavy atom. The molecule has 2 aromatic rings. The van der Waals surface area contributed by atoms with E-state index in [1.807, 2.05) is 0 Å². The van der Waals surface area contributed by atoms with E-state index < -0.39 is 0 Å². The fraction of sp³-hybridized carbons (Fsp3) is 0.609. The highest BCUT2D eigenvalue weighted by molar-refractivity contribution is 5.85. The Labute approximate surface area is 184 Å². The Balaban J connectivity index is 0.00000218. The minimum Gasteiger partial charge on any atom is -0.342 e. The van der Waals surface area contributed by atoms with E-state index >= 15 is 0 Å². The number of amides is 1. The number of nitrogens with zero attached hydrogens (tertiary/aromatic N) is 4. The van der Waals surface area contributed by atoms with Gasteiger partial charge >= 0.3 is 0 Å². The maximum absolute atomic E-state index is 13.1. The summed E-state index contributed by atoms with van der Waals surface area (Å²) >= 11 is 0. The third-order valence-corrected chi connectivity index (χ3v) is 7.17. The van der Waals surface area contributed by atoms with Crippen molar-refractivity contribution in [1.82, 2.24) is 25.0 Å². The molecule has 1 N–H and O–H groups in total. The summed E-state index contributed by atoms with van der Waals surface area (Å²) in [6, 6.07) is 10.8. The molecule has 1 aliphatic carbocycles. The van der Waals surface area contributed by atoms with Gasteiger partial charge in [-0.15, -0.1) is 22.6 Å². The van der Waals surface area contributed by atoms with Crippen molar-refractivity contribution in [3.8, 4) is 0 Å². The Morgan fingerprint density at radius 2 is 1.63 bits per heavy atom. The smallest absolute Gasteiger partial charge is 0.225 e. The minimum absolute atomic E-state index is 0. The topological polar surface area (TPSA) is 63.1 Å². The number of carbonyl (C=O) groups is 1. The van der Waals surface area contributed by atoms with Crippen LogP contribution in [0.2, 0.25) is 0 Å². The van der Waals surface area contributed by atoms with Crippen LogP contribution in [0, 0.1) is 5.92 Å². The molecule has 1 aromatic heterocycles. The van der Waals surface area contributed by atoms with Crippen LogP contribution in [0.15, 0.2) is 30.3 Å². The molecule has 1 aromatic carbocycles. The van der Waals surface area contributed by atoms with Crippen molar-refractivity contribution in [2.45, 2.75) is 63.5 Å². The Hall–Kier alpha value is -1.92. The molecule has 0 unspecified atom stereocenters. The first-order chi connectivity index (χ1) is 14.3. The molecule has 3 aliphatic rings. The van der Waals surface area contributed by atoms with E-state index in [1.165, 1.54) is 5.56 Å². The predicted molar refractivity (Wildman–Crippen MR) is 119 cm³/mol. The summed E-state index contributed by atoms with van der Waals surface area (Å²) in [7, 11) is 0. The predicted octanol–water partition coefficient (Wildman–Crippen LogP) is 3.48. The Bertz CT molecular complexity index is 839. The van der Waals surface area contributed by atoms with Gasteiger partial charge in [0.1, 0.15) is 11.6 Å². The minimum atomic E-state index is 0. The molecule has 7 heteroatoms.